The van der Waals surface area contributed by atoms with E-state index in [1.807, 2.05) is 6.07 Å². The molecule has 0 saturated carbocycles. The number of ether oxygens (including phenoxy) is 1. The second kappa shape index (κ2) is 8.78. The smallest absolute Gasteiger partial charge is 0.426 e. The average molecular weight is 529 g/mol. The first-order valence-corrected chi connectivity index (χ1v) is 11.6. The molecule has 4 rings (SSSR count). The van der Waals surface area contributed by atoms with Crippen LogP contribution in [0.3, 0.4) is 0 Å². The Labute approximate surface area is 199 Å². The molecule has 186 valence electrons. The van der Waals surface area contributed by atoms with Gasteiger partial charge in [-0.1, -0.05) is 17.7 Å². The van der Waals surface area contributed by atoms with Crippen molar-refractivity contribution in [1.29, 1.82) is 0 Å². The molecule has 2 fully saturated rings. The Morgan fingerprint density at radius 1 is 1.00 bits per heavy atom. The zero-order chi connectivity index (χ0) is 24.9. The molecule has 13 heteroatoms. The highest BCUT2D eigenvalue weighted by Crippen LogP contribution is 2.41. The van der Waals surface area contributed by atoms with Gasteiger partial charge in [-0.2, -0.15) is 26.3 Å². The molecule has 1 aromatic carbocycles. The van der Waals surface area contributed by atoms with Gasteiger partial charge in [0.25, 0.3) is 12.0 Å². The van der Waals surface area contributed by atoms with Crippen molar-refractivity contribution in [3.8, 4) is 0 Å². The lowest BCUT2D eigenvalue weighted by molar-refractivity contribution is -0.308. The number of rotatable bonds is 2. The van der Waals surface area contributed by atoms with Gasteiger partial charge in [0.1, 0.15) is 0 Å². The molecular weight excluding hydrogens is 510 g/mol. The van der Waals surface area contributed by atoms with Crippen molar-refractivity contribution in [2.45, 2.75) is 49.7 Å². The van der Waals surface area contributed by atoms with Gasteiger partial charge < -0.3 is 14.5 Å². The Hall–Kier alpha value is -2.21. The van der Waals surface area contributed by atoms with Gasteiger partial charge in [0.05, 0.1) is 4.88 Å². The summed E-state index contributed by atoms with van der Waals surface area (Å²) in [6.07, 6.45) is -15.6. The van der Waals surface area contributed by atoms with E-state index in [1.165, 1.54) is 11.3 Å². The maximum atomic E-state index is 13.3. The third-order valence-corrected chi connectivity index (χ3v) is 7.62. The molecule has 1 aromatic heterocycles. The molecule has 2 saturated heterocycles. The Morgan fingerprint density at radius 2 is 1.65 bits per heavy atom. The van der Waals surface area contributed by atoms with E-state index in [0.29, 0.717) is 29.3 Å². The number of hydrogen-bond donors (Lipinski definition) is 0. The van der Waals surface area contributed by atoms with E-state index in [4.69, 9.17) is 11.6 Å². The first-order valence-electron chi connectivity index (χ1n) is 10.4. The Morgan fingerprint density at radius 3 is 2.26 bits per heavy atom. The molecule has 5 nitrogen and oxygen atoms in total. The Balaban J connectivity index is 1.45. The predicted octanol–water partition coefficient (Wildman–Crippen LogP) is 6.26. The summed E-state index contributed by atoms with van der Waals surface area (Å²) in [5.74, 6) is -0.194. The fraction of sp³-hybridized carbons (Fsp3) is 0.524. The fourth-order valence-electron chi connectivity index (χ4n) is 4.62. The van der Waals surface area contributed by atoms with Gasteiger partial charge in [-0.3, -0.25) is 4.79 Å². The lowest BCUT2D eigenvalue weighted by Gasteiger charge is -2.44. The highest BCUT2D eigenvalue weighted by Gasteiger charge is 2.60. The fourth-order valence-corrected chi connectivity index (χ4v) is 5.91. The number of likely N-dealkylation sites (tertiary alicyclic amines) is 2. The predicted molar refractivity (Wildman–Crippen MR) is 113 cm³/mol. The molecule has 1 spiro atoms. The Kier molecular flexibility index (Phi) is 6.43. The summed E-state index contributed by atoms with van der Waals surface area (Å²) in [5.41, 5.74) is -0.616. The summed E-state index contributed by atoms with van der Waals surface area (Å²) < 4.78 is 81.0. The number of carbonyl (C=O) groups is 2. The summed E-state index contributed by atoms with van der Waals surface area (Å²) in [7, 11) is 0. The van der Waals surface area contributed by atoms with Crippen molar-refractivity contribution in [2.75, 3.05) is 19.6 Å². The van der Waals surface area contributed by atoms with Crippen LogP contribution in [0.25, 0.3) is 10.1 Å². The molecule has 3 heterocycles. The zero-order valence-corrected chi connectivity index (χ0v) is 19.1. The maximum absolute atomic E-state index is 13.3. The van der Waals surface area contributed by atoms with Crippen LogP contribution in [-0.2, 0) is 4.74 Å². The average Bonchev–Trinajstić information content (AvgIpc) is 3.34. The van der Waals surface area contributed by atoms with Gasteiger partial charge in [-0.25, -0.2) is 4.79 Å². The topological polar surface area (TPSA) is 49.9 Å². The summed E-state index contributed by atoms with van der Waals surface area (Å²) in [4.78, 5) is 28.5. The molecule has 34 heavy (non-hydrogen) atoms. The standard InChI is InChI=1S/C21H19ClF6N2O3S/c22-13-3-2-12-10-15(34-14(12)11-13)16(31)30-7-1-4-19(30)5-8-29(9-6-19)18(32)33-17(20(23,24)25)21(26,27)28/h2-3,10-11,17H,1,4-9H2. The number of benzene rings is 1. The molecule has 0 atom stereocenters. The third kappa shape index (κ3) is 4.79. The number of amides is 2. The van der Waals surface area contributed by atoms with Crippen LogP contribution in [-0.4, -0.2) is 65.4 Å². The summed E-state index contributed by atoms with van der Waals surface area (Å²) in [6, 6.07) is 7.06. The third-order valence-electron chi connectivity index (χ3n) is 6.30. The minimum absolute atomic E-state index is 0.118. The molecule has 2 aromatic rings. The first-order chi connectivity index (χ1) is 15.8. The molecule has 0 aliphatic carbocycles. The van der Waals surface area contributed by atoms with E-state index < -0.39 is 30.1 Å². The summed E-state index contributed by atoms with van der Waals surface area (Å²) >= 11 is 7.31. The number of hydrogen-bond acceptors (Lipinski definition) is 4. The van der Waals surface area contributed by atoms with E-state index in [9.17, 15) is 35.9 Å². The summed E-state index contributed by atoms with van der Waals surface area (Å²) in [6.45, 7) is 0.239. The van der Waals surface area contributed by atoms with E-state index in [0.717, 1.165) is 15.0 Å². The highest BCUT2D eigenvalue weighted by molar-refractivity contribution is 7.20. The number of carbonyl (C=O) groups excluding carboxylic acids is 2. The van der Waals surface area contributed by atoms with E-state index in [1.54, 1.807) is 23.1 Å². The number of halogens is 7. The van der Waals surface area contributed by atoms with Crippen LogP contribution in [0.15, 0.2) is 24.3 Å². The molecule has 0 unspecified atom stereocenters. The second-order valence-electron chi connectivity index (χ2n) is 8.41. The monoisotopic (exact) mass is 528 g/mol. The molecular formula is C21H19ClF6N2O3S. The van der Waals surface area contributed by atoms with Crippen LogP contribution in [0.1, 0.15) is 35.4 Å². The minimum atomic E-state index is -5.77. The molecule has 2 aliphatic rings. The Bertz CT molecular complexity index is 1080. The quantitative estimate of drug-likeness (QED) is 0.433. The number of alkyl halides is 6. The van der Waals surface area contributed by atoms with Crippen molar-refractivity contribution >= 4 is 45.0 Å². The van der Waals surface area contributed by atoms with Crippen molar-refractivity contribution in [2.24, 2.45) is 0 Å². The molecule has 0 N–H and O–H groups in total. The van der Waals surface area contributed by atoms with Gasteiger partial charge in [-0.05, 0) is 49.3 Å². The number of nitrogens with zero attached hydrogens (tertiary/aromatic N) is 2. The normalized spacial score (nSPS) is 18.8. The first kappa shape index (κ1) is 24.9. The summed E-state index contributed by atoms with van der Waals surface area (Å²) in [5, 5.41) is 1.41. The SMILES string of the molecule is O=C(OC(C(F)(F)F)C(F)(F)F)N1CCC2(CCCN2C(=O)c2cc3ccc(Cl)cc3s2)CC1. The molecule has 2 aliphatic heterocycles. The van der Waals surface area contributed by atoms with Crippen LogP contribution in [0, 0.1) is 0 Å². The van der Waals surface area contributed by atoms with Gasteiger partial charge in [0, 0.05) is 34.9 Å². The van der Waals surface area contributed by atoms with E-state index in [-0.39, 0.29) is 31.8 Å². The van der Waals surface area contributed by atoms with Crippen LogP contribution in [0.5, 0.6) is 0 Å². The van der Waals surface area contributed by atoms with Crippen molar-refractivity contribution in [3.05, 3.63) is 34.2 Å². The lowest BCUT2D eigenvalue weighted by atomic mass is 9.85. The van der Waals surface area contributed by atoms with Crippen molar-refractivity contribution in [1.82, 2.24) is 9.80 Å². The number of piperidine rings is 1. The molecule has 0 radical (unpaired) electrons. The zero-order valence-electron chi connectivity index (χ0n) is 17.5. The van der Waals surface area contributed by atoms with Gasteiger partial charge in [-0.15, -0.1) is 11.3 Å². The molecule has 2 amide bonds. The number of thiophene rings is 1. The van der Waals surface area contributed by atoms with Gasteiger partial charge in [0.2, 0.25) is 0 Å². The van der Waals surface area contributed by atoms with E-state index in [2.05, 4.69) is 4.74 Å². The van der Waals surface area contributed by atoms with Crippen LogP contribution < -0.4 is 0 Å². The van der Waals surface area contributed by atoms with Gasteiger partial charge >= 0.3 is 18.4 Å². The van der Waals surface area contributed by atoms with Crippen LogP contribution >= 0.6 is 22.9 Å². The second-order valence-corrected chi connectivity index (χ2v) is 9.93. The van der Waals surface area contributed by atoms with Gasteiger partial charge in [0.15, 0.2) is 0 Å². The minimum Gasteiger partial charge on any atom is -0.426 e. The van der Waals surface area contributed by atoms with Crippen molar-refractivity contribution in [3.63, 3.8) is 0 Å². The van der Waals surface area contributed by atoms with Crippen molar-refractivity contribution < 1.29 is 40.7 Å². The van der Waals surface area contributed by atoms with Crippen LogP contribution in [0.2, 0.25) is 5.02 Å². The van der Waals surface area contributed by atoms with Crippen LogP contribution in [0.4, 0.5) is 31.1 Å². The number of fused-ring (bicyclic) bond motifs is 1. The maximum Gasteiger partial charge on any atom is 0.434 e. The lowest BCUT2D eigenvalue weighted by Crippen LogP contribution is -2.56. The largest absolute Gasteiger partial charge is 0.434 e. The van der Waals surface area contributed by atoms with E-state index >= 15 is 0 Å². The molecule has 0 bridgehead atoms. The highest BCUT2D eigenvalue weighted by atomic mass is 35.5.